The molecule has 1 saturated heterocycles. The zero-order valence-electron chi connectivity index (χ0n) is 10.7. The molecule has 1 heterocycles. The smallest absolute Gasteiger partial charge is 0.336 e. The van der Waals surface area contributed by atoms with Gasteiger partial charge in [0.15, 0.2) is 6.10 Å². The summed E-state index contributed by atoms with van der Waals surface area (Å²) >= 11 is 0. The van der Waals surface area contributed by atoms with E-state index in [1.165, 1.54) is 13.2 Å². The number of carbonyl (C=O) groups is 1. The van der Waals surface area contributed by atoms with Crippen molar-refractivity contribution in [2.45, 2.75) is 6.10 Å². The summed E-state index contributed by atoms with van der Waals surface area (Å²) in [6.45, 7) is 0.730. The summed E-state index contributed by atoms with van der Waals surface area (Å²) in [6, 6.07) is 3.33. The van der Waals surface area contributed by atoms with Gasteiger partial charge in [0.05, 0.1) is 31.3 Å². The van der Waals surface area contributed by atoms with Crippen LogP contribution >= 0.6 is 0 Å². The number of anilines is 1. The molecule has 1 aromatic carbocycles. The summed E-state index contributed by atoms with van der Waals surface area (Å²) < 4.78 is 22.9. The van der Waals surface area contributed by atoms with Gasteiger partial charge in [-0.1, -0.05) is 0 Å². The molecular weight excluding hydrogens is 271 g/mol. The molecule has 0 spiro atoms. The Kier molecular flexibility index (Phi) is 4.14. The summed E-state index contributed by atoms with van der Waals surface area (Å²) in [5, 5.41) is 11.0. The third-order valence-electron chi connectivity index (χ3n) is 3.01. The highest BCUT2D eigenvalue weighted by atomic mass is 19.1. The number of nitro groups is 1. The van der Waals surface area contributed by atoms with E-state index in [0.29, 0.717) is 6.54 Å². The van der Waals surface area contributed by atoms with Gasteiger partial charge in [-0.05, 0) is 12.1 Å². The topological polar surface area (TPSA) is 81.9 Å². The van der Waals surface area contributed by atoms with Crippen molar-refractivity contribution in [2.75, 3.05) is 31.7 Å². The fourth-order valence-electron chi connectivity index (χ4n) is 2.05. The predicted octanol–water partition coefficient (Wildman–Crippen LogP) is 1.11. The molecule has 1 atom stereocenters. The first-order chi connectivity index (χ1) is 9.52. The van der Waals surface area contributed by atoms with Crippen molar-refractivity contribution in [3.8, 4) is 0 Å². The van der Waals surface area contributed by atoms with Gasteiger partial charge in [0.2, 0.25) is 0 Å². The average Bonchev–Trinajstić information content (AvgIpc) is 2.46. The van der Waals surface area contributed by atoms with Crippen molar-refractivity contribution in [2.24, 2.45) is 0 Å². The minimum absolute atomic E-state index is 0.124. The largest absolute Gasteiger partial charge is 0.467 e. The van der Waals surface area contributed by atoms with E-state index < -0.39 is 22.8 Å². The van der Waals surface area contributed by atoms with Crippen LogP contribution in [0.4, 0.5) is 15.8 Å². The van der Waals surface area contributed by atoms with Crippen molar-refractivity contribution in [1.29, 1.82) is 0 Å². The molecule has 0 aromatic heterocycles. The number of ether oxygens (including phenoxy) is 2. The highest BCUT2D eigenvalue weighted by Gasteiger charge is 2.30. The van der Waals surface area contributed by atoms with E-state index in [9.17, 15) is 19.3 Å². The lowest BCUT2D eigenvalue weighted by molar-refractivity contribution is -0.384. The third kappa shape index (κ3) is 2.85. The highest BCUT2D eigenvalue weighted by Crippen LogP contribution is 2.30. The van der Waals surface area contributed by atoms with Crippen LogP contribution in [0.3, 0.4) is 0 Å². The van der Waals surface area contributed by atoms with Gasteiger partial charge in [-0.3, -0.25) is 10.1 Å². The van der Waals surface area contributed by atoms with Crippen LogP contribution in [0, 0.1) is 15.9 Å². The predicted molar refractivity (Wildman–Crippen MR) is 67.0 cm³/mol. The Labute approximate surface area is 114 Å². The zero-order valence-corrected chi connectivity index (χ0v) is 10.7. The van der Waals surface area contributed by atoms with Crippen LogP contribution in [0.25, 0.3) is 0 Å². The van der Waals surface area contributed by atoms with Crippen molar-refractivity contribution in [3.05, 3.63) is 34.1 Å². The van der Waals surface area contributed by atoms with Gasteiger partial charge in [-0.25, -0.2) is 9.18 Å². The second-order valence-electron chi connectivity index (χ2n) is 4.22. The summed E-state index contributed by atoms with van der Waals surface area (Å²) in [6.07, 6.45) is -0.807. The first-order valence-electron chi connectivity index (χ1n) is 5.91. The SMILES string of the molecule is COC(=O)C1CN(c2ccc(F)cc2[N+](=O)[O-])CCO1. The zero-order chi connectivity index (χ0) is 14.7. The number of esters is 1. The van der Waals surface area contributed by atoms with Gasteiger partial charge < -0.3 is 14.4 Å². The molecule has 1 aromatic rings. The normalized spacial score (nSPS) is 18.7. The van der Waals surface area contributed by atoms with E-state index in [2.05, 4.69) is 4.74 Å². The molecule has 0 saturated carbocycles. The first kappa shape index (κ1) is 14.2. The van der Waals surface area contributed by atoms with E-state index in [4.69, 9.17) is 4.74 Å². The number of hydrogen-bond acceptors (Lipinski definition) is 6. The molecule has 0 N–H and O–H groups in total. The number of hydrogen-bond donors (Lipinski definition) is 0. The number of rotatable bonds is 3. The van der Waals surface area contributed by atoms with Crippen molar-refractivity contribution in [3.63, 3.8) is 0 Å². The Balaban J connectivity index is 2.27. The molecular formula is C12H13FN2O5. The third-order valence-corrected chi connectivity index (χ3v) is 3.01. The summed E-state index contributed by atoms with van der Waals surface area (Å²) in [5.41, 5.74) is -0.0795. The molecule has 0 radical (unpaired) electrons. The lowest BCUT2D eigenvalue weighted by Crippen LogP contribution is -2.46. The molecule has 20 heavy (non-hydrogen) atoms. The van der Waals surface area contributed by atoms with Gasteiger partial charge in [0.25, 0.3) is 5.69 Å². The number of carbonyl (C=O) groups excluding carboxylic acids is 1. The van der Waals surface area contributed by atoms with E-state index in [-0.39, 0.29) is 24.5 Å². The average molecular weight is 284 g/mol. The van der Waals surface area contributed by atoms with E-state index in [1.54, 1.807) is 4.90 Å². The van der Waals surface area contributed by atoms with Gasteiger partial charge in [-0.2, -0.15) is 0 Å². The molecule has 0 bridgehead atoms. The Hall–Kier alpha value is -2.22. The Morgan fingerprint density at radius 3 is 3.00 bits per heavy atom. The fourth-order valence-corrected chi connectivity index (χ4v) is 2.05. The fraction of sp³-hybridized carbons (Fsp3) is 0.417. The standard InChI is InChI=1S/C12H13FN2O5/c1-19-12(16)11-7-14(4-5-20-11)9-3-2-8(13)6-10(9)15(17)18/h2-3,6,11H,4-5,7H2,1H3. The number of nitro benzene ring substituents is 1. The lowest BCUT2D eigenvalue weighted by atomic mass is 10.2. The highest BCUT2D eigenvalue weighted by molar-refractivity contribution is 5.76. The van der Waals surface area contributed by atoms with Gasteiger partial charge in [0.1, 0.15) is 11.5 Å². The van der Waals surface area contributed by atoms with Gasteiger partial charge >= 0.3 is 5.97 Å². The minimum atomic E-state index is -0.807. The van der Waals surface area contributed by atoms with Crippen molar-refractivity contribution in [1.82, 2.24) is 0 Å². The molecule has 1 aliphatic heterocycles. The molecule has 108 valence electrons. The molecule has 8 heteroatoms. The summed E-state index contributed by atoms with van der Waals surface area (Å²) in [5.74, 6) is -1.22. The second kappa shape index (κ2) is 5.83. The monoisotopic (exact) mass is 284 g/mol. The maximum Gasteiger partial charge on any atom is 0.336 e. The number of methoxy groups -OCH3 is 1. The maximum atomic E-state index is 13.1. The first-order valence-corrected chi connectivity index (χ1v) is 5.91. The number of benzene rings is 1. The Morgan fingerprint density at radius 2 is 2.35 bits per heavy atom. The Bertz CT molecular complexity index is 537. The molecule has 1 unspecified atom stereocenters. The number of halogens is 1. The van der Waals surface area contributed by atoms with Crippen LogP contribution < -0.4 is 4.90 Å². The van der Waals surface area contributed by atoms with E-state index in [0.717, 1.165) is 12.1 Å². The molecule has 2 rings (SSSR count). The maximum absolute atomic E-state index is 13.1. The molecule has 1 aliphatic rings. The molecule has 0 aliphatic carbocycles. The van der Waals surface area contributed by atoms with Crippen LogP contribution in [0.2, 0.25) is 0 Å². The van der Waals surface area contributed by atoms with Gasteiger partial charge in [-0.15, -0.1) is 0 Å². The van der Waals surface area contributed by atoms with Crippen LogP contribution in [0.15, 0.2) is 18.2 Å². The lowest BCUT2D eigenvalue weighted by Gasteiger charge is -2.32. The Morgan fingerprint density at radius 1 is 1.60 bits per heavy atom. The van der Waals surface area contributed by atoms with Crippen LogP contribution in [-0.4, -0.2) is 43.8 Å². The van der Waals surface area contributed by atoms with Crippen LogP contribution in [0.5, 0.6) is 0 Å². The molecule has 7 nitrogen and oxygen atoms in total. The minimum Gasteiger partial charge on any atom is -0.467 e. The summed E-state index contributed by atoms with van der Waals surface area (Å²) in [4.78, 5) is 23.4. The molecule has 0 amide bonds. The molecule has 1 fully saturated rings. The van der Waals surface area contributed by atoms with Gasteiger partial charge in [0, 0.05) is 6.54 Å². The number of nitrogens with zero attached hydrogens (tertiary/aromatic N) is 2. The van der Waals surface area contributed by atoms with E-state index >= 15 is 0 Å². The van der Waals surface area contributed by atoms with Crippen molar-refractivity contribution < 1.29 is 23.6 Å². The van der Waals surface area contributed by atoms with E-state index in [1.807, 2.05) is 0 Å². The quantitative estimate of drug-likeness (QED) is 0.470. The van der Waals surface area contributed by atoms with Crippen molar-refractivity contribution >= 4 is 17.3 Å². The number of morpholine rings is 1. The van der Waals surface area contributed by atoms with Crippen LogP contribution in [0.1, 0.15) is 0 Å². The second-order valence-corrected chi connectivity index (χ2v) is 4.22. The van der Waals surface area contributed by atoms with Crippen LogP contribution in [-0.2, 0) is 14.3 Å². The summed E-state index contributed by atoms with van der Waals surface area (Å²) in [7, 11) is 1.24.